The van der Waals surface area contributed by atoms with Gasteiger partial charge in [-0.05, 0) is 43.7 Å². The zero-order chi connectivity index (χ0) is 20.2. The molecule has 0 bridgehead atoms. The molecule has 1 unspecified atom stereocenters. The van der Waals surface area contributed by atoms with Crippen LogP contribution >= 0.6 is 0 Å². The molecule has 0 saturated carbocycles. The summed E-state index contributed by atoms with van der Waals surface area (Å²) in [5.74, 6) is 0. The second kappa shape index (κ2) is 7.97. The zero-order valence-corrected chi connectivity index (χ0v) is 17.1. The molecule has 2 aromatic carbocycles. The lowest BCUT2D eigenvalue weighted by atomic mass is 9.82. The van der Waals surface area contributed by atoms with E-state index in [0.29, 0.717) is 0 Å². The van der Waals surface area contributed by atoms with Crippen LogP contribution in [0.25, 0.3) is 0 Å². The number of anilines is 1. The average molecular weight is 378 g/mol. The SMILES string of the molecule is CC1(c2ccccc2)C=CC=C(N(c2ccccc2)C2(C)C=CC=CC=C2)C=C1. The van der Waals surface area contributed by atoms with Gasteiger partial charge < -0.3 is 4.90 Å². The van der Waals surface area contributed by atoms with Crippen molar-refractivity contribution in [2.24, 2.45) is 0 Å². The van der Waals surface area contributed by atoms with Gasteiger partial charge in [0.05, 0.1) is 5.54 Å². The molecule has 0 fully saturated rings. The van der Waals surface area contributed by atoms with Crippen molar-refractivity contribution < 1.29 is 0 Å². The fourth-order valence-electron chi connectivity index (χ4n) is 3.97. The molecule has 0 saturated heterocycles. The van der Waals surface area contributed by atoms with E-state index in [4.69, 9.17) is 0 Å². The van der Waals surface area contributed by atoms with Crippen molar-refractivity contribution in [2.45, 2.75) is 24.8 Å². The summed E-state index contributed by atoms with van der Waals surface area (Å²) in [6, 6.07) is 21.3. The van der Waals surface area contributed by atoms with E-state index in [9.17, 15) is 0 Å². The number of hydrogen-bond donors (Lipinski definition) is 0. The average Bonchev–Trinajstić information content (AvgIpc) is 3.09. The lowest BCUT2D eigenvalue weighted by Crippen LogP contribution is -2.42. The molecular weight excluding hydrogens is 350 g/mol. The van der Waals surface area contributed by atoms with Crippen LogP contribution in [0.5, 0.6) is 0 Å². The summed E-state index contributed by atoms with van der Waals surface area (Å²) in [7, 11) is 0. The van der Waals surface area contributed by atoms with Gasteiger partial charge in [0.1, 0.15) is 0 Å². The highest BCUT2D eigenvalue weighted by atomic mass is 15.2. The molecule has 0 aromatic heterocycles. The predicted molar refractivity (Wildman–Crippen MR) is 125 cm³/mol. The Labute approximate surface area is 174 Å². The van der Waals surface area contributed by atoms with Crippen molar-refractivity contribution >= 4 is 5.69 Å². The van der Waals surface area contributed by atoms with Gasteiger partial charge in [0.15, 0.2) is 0 Å². The van der Waals surface area contributed by atoms with Gasteiger partial charge in [0.25, 0.3) is 0 Å². The van der Waals surface area contributed by atoms with Gasteiger partial charge in [-0.1, -0.05) is 103 Å². The van der Waals surface area contributed by atoms with E-state index < -0.39 is 0 Å². The number of benzene rings is 2. The van der Waals surface area contributed by atoms with Crippen LogP contribution in [-0.4, -0.2) is 5.54 Å². The quantitative estimate of drug-likeness (QED) is 0.560. The Morgan fingerprint density at radius 3 is 1.90 bits per heavy atom. The first-order valence-corrected chi connectivity index (χ1v) is 10.1. The van der Waals surface area contributed by atoms with Crippen LogP contribution < -0.4 is 4.90 Å². The predicted octanol–water partition coefficient (Wildman–Crippen LogP) is 6.90. The fourth-order valence-corrected chi connectivity index (χ4v) is 3.97. The van der Waals surface area contributed by atoms with Crippen LogP contribution in [0.2, 0.25) is 0 Å². The van der Waals surface area contributed by atoms with Crippen molar-refractivity contribution in [3.8, 4) is 0 Å². The molecule has 0 N–H and O–H groups in total. The Morgan fingerprint density at radius 1 is 0.621 bits per heavy atom. The van der Waals surface area contributed by atoms with E-state index >= 15 is 0 Å². The summed E-state index contributed by atoms with van der Waals surface area (Å²) in [5.41, 5.74) is 3.20. The van der Waals surface area contributed by atoms with Gasteiger partial charge >= 0.3 is 0 Å². The lowest BCUT2D eigenvalue weighted by Gasteiger charge is -2.40. The topological polar surface area (TPSA) is 3.24 Å². The monoisotopic (exact) mass is 377 g/mol. The van der Waals surface area contributed by atoms with Crippen molar-refractivity contribution in [2.75, 3.05) is 4.90 Å². The van der Waals surface area contributed by atoms with Crippen molar-refractivity contribution in [1.29, 1.82) is 0 Å². The summed E-state index contributed by atoms with van der Waals surface area (Å²) < 4.78 is 0. The smallest absolute Gasteiger partial charge is 0.0794 e. The van der Waals surface area contributed by atoms with E-state index in [1.165, 1.54) is 11.3 Å². The molecule has 1 heteroatoms. The number of rotatable bonds is 4. The first kappa shape index (κ1) is 19.0. The fraction of sp³-hybridized carbons (Fsp3) is 0.143. The maximum Gasteiger partial charge on any atom is 0.0794 e. The second-order valence-corrected chi connectivity index (χ2v) is 7.93. The standard InChI is InChI=1S/C28H27N/c1-27(24-14-7-5-8-15-24)20-13-18-26(19-23-27)29(25-16-9-6-10-17-25)28(2)21-11-3-4-12-22-28/h3-23H,1-2H3. The largest absolute Gasteiger partial charge is 0.329 e. The van der Waals surface area contributed by atoms with E-state index in [-0.39, 0.29) is 11.0 Å². The molecule has 2 aliphatic rings. The molecule has 4 rings (SSSR count). The molecular formula is C28H27N. The highest BCUT2D eigenvalue weighted by molar-refractivity contribution is 5.62. The number of nitrogens with zero attached hydrogens (tertiary/aromatic N) is 1. The molecule has 0 amide bonds. The van der Waals surface area contributed by atoms with Crippen molar-refractivity contribution in [1.82, 2.24) is 0 Å². The summed E-state index contributed by atoms with van der Waals surface area (Å²) in [4.78, 5) is 2.39. The molecule has 2 aliphatic carbocycles. The van der Waals surface area contributed by atoms with E-state index in [1.54, 1.807) is 0 Å². The minimum Gasteiger partial charge on any atom is -0.329 e. The molecule has 1 atom stereocenters. The normalized spacial score (nSPS) is 22.1. The minimum absolute atomic E-state index is 0.139. The van der Waals surface area contributed by atoms with E-state index in [2.05, 4.69) is 146 Å². The first-order valence-electron chi connectivity index (χ1n) is 10.1. The number of hydrogen-bond acceptors (Lipinski definition) is 1. The van der Waals surface area contributed by atoms with Gasteiger partial charge in [-0.3, -0.25) is 0 Å². The Hall–Kier alpha value is -3.32. The molecule has 0 radical (unpaired) electrons. The van der Waals surface area contributed by atoms with Crippen LogP contribution in [0.1, 0.15) is 19.4 Å². The van der Waals surface area contributed by atoms with Crippen molar-refractivity contribution in [3.63, 3.8) is 0 Å². The highest BCUT2D eigenvalue weighted by Gasteiger charge is 2.30. The van der Waals surface area contributed by atoms with Gasteiger partial charge in [0.2, 0.25) is 0 Å². The van der Waals surface area contributed by atoms with Gasteiger partial charge in [-0.15, -0.1) is 0 Å². The molecule has 2 aromatic rings. The number of para-hydroxylation sites is 1. The number of allylic oxidation sites excluding steroid dienone is 9. The molecule has 0 heterocycles. The van der Waals surface area contributed by atoms with Crippen LogP contribution in [0, 0.1) is 0 Å². The van der Waals surface area contributed by atoms with Crippen molar-refractivity contribution in [3.05, 3.63) is 139 Å². The van der Waals surface area contributed by atoms with Crippen LogP contribution in [0.3, 0.4) is 0 Å². The Balaban J connectivity index is 1.77. The van der Waals surface area contributed by atoms with Crippen LogP contribution in [-0.2, 0) is 5.41 Å². The third-order valence-corrected chi connectivity index (χ3v) is 5.66. The van der Waals surface area contributed by atoms with Gasteiger partial charge in [-0.2, -0.15) is 0 Å². The van der Waals surface area contributed by atoms with Crippen LogP contribution in [0.15, 0.2) is 133 Å². The minimum atomic E-state index is -0.275. The molecule has 144 valence electrons. The highest BCUT2D eigenvalue weighted by Crippen LogP contribution is 2.35. The Bertz CT molecular complexity index is 1000. The second-order valence-electron chi connectivity index (χ2n) is 7.93. The summed E-state index contributed by atoms with van der Waals surface area (Å²) in [5, 5.41) is 0. The maximum atomic E-state index is 2.39. The Morgan fingerprint density at radius 2 is 1.24 bits per heavy atom. The third-order valence-electron chi connectivity index (χ3n) is 5.66. The molecule has 1 nitrogen and oxygen atoms in total. The molecule has 0 aliphatic heterocycles. The van der Waals surface area contributed by atoms with E-state index in [0.717, 1.165) is 5.70 Å². The van der Waals surface area contributed by atoms with Crippen LogP contribution in [0.4, 0.5) is 5.69 Å². The maximum absolute atomic E-state index is 2.39. The Kier molecular flexibility index (Phi) is 5.22. The summed E-state index contributed by atoms with van der Waals surface area (Å²) in [6.45, 7) is 4.51. The first-order chi connectivity index (χ1) is 14.1. The summed E-state index contributed by atoms with van der Waals surface area (Å²) in [6.07, 6.45) is 24.1. The van der Waals surface area contributed by atoms with E-state index in [1.807, 2.05) is 0 Å². The van der Waals surface area contributed by atoms with Gasteiger partial charge in [-0.25, -0.2) is 0 Å². The molecule has 0 spiro atoms. The van der Waals surface area contributed by atoms with Gasteiger partial charge in [0, 0.05) is 16.8 Å². The lowest BCUT2D eigenvalue weighted by molar-refractivity contribution is 0.679. The molecule has 29 heavy (non-hydrogen) atoms. The summed E-state index contributed by atoms with van der Waals surface area (Å²) >= 11 is 0. The third kappa shape index (κ3) is 3.95. The zero-order valence-electron chi connectivity index (χ0n) is 17.1.